The van der Waals surface area contributed by atoms with Crippen LogP contribution < -0.4 is 14.2 Å². The van der Waals surface area contributed by atoms with Gasteiger partial charge < -0.3 is 14.2 Å². The summed E-state index contributed by atoms with van der Waals surface area (Å²) in [6.07, 6.45) is 0. The van der Waals surface area contributed by atoms with Gasteiger partial charge in [-0.25, -0.2) is 0 Å². The van der Waals surface area contributed by atoms with Crippen LogP contribution in [0.15, 0.2) is 18.2 Å². The number of rotatable bonds is 1. The van der Waals surface area contributed by atoms with Crippen molar-refractivity contribution in [2.75, 3.05) is 7.11 Å². The van der Waals surface area contributed by atoms with Crippen molar-refractivity contribution in [3.63, 3.8) is 0 Å². The maximum atomic E-state index is 5.61. The molecule has 0 amide bonds. The van der Waals surface area contributed by atoms with Crippen molar-refractivity contribution >= 4 is 23.2 Å². The van der Waals surface area contributed by atoms with E-state index < -0.39 is 4.71 Å². The van der Waals surface area contributed by atoms with Crippen LogP contribution in [0.25, 0.3) is 0 Å². The average molecular weight is 221 g/mol. The Hall–Kier alpha value is -0.800. The molecule has 1 aliphatic rings. The average Bonchev–Trinajstić information content (AvgIpc) is 2.36. The summed E-state index contributed by atoms with van der Waals surface area (Å²) in [5.74, 6) is 1.64. The first-order valence-electron chi connectivity index (χ1n) is 3.54. The first-order chi connectivity index (χ1) is 6.11. The highest BCUT2D eigenvalue weighted by Gasteiger charge is 2.37. The van der Waals surface area contributed by atoms with Crippen molar-refractivity contribution in [2.45, 2.75) is 4.71 Å². The van der Waals surface area contributed by atoms with E-state index in [-0.39, 0.29) is 0 Å². The van der Waals surface area contributed by atoms with E-state index in [1.165, 1.54) is 0 Å². The van der Waals surface area contributed by atoms with Crippen molar-refractivity contribution in [2.24, 2.45) is 0 Å². The second-order valence-electron chi connectivity index (χ2n) is 2.48. The molecule has 0 atom stereocenters. The molecule has 0 saturated heterocycles. The third-order valence-corrected chi connectivity index (χ3v) is 1.92. The molecule has 0 radical (unpaired) electrons. The summed E-state index contributed by atoms with van der Waals surface area (Å²) in [6.45, 7) is 0. The normalized spacial score (nSPS) is 17.2. The van der Waals surface area contributed by atoms with Crippen LogP contribution in [-0.2, 0) is 0 Å². The molecule has 2 rings (SSSR count). The van der Waals surface area contributed by atoms with Crippen LogP contribution in [0.2, 0.25) is 0 Å². The number of fused-ring (bicyclic) bond motifs is 1. The van der Waals surface area contributed by atoms with Gasteiger partial charge >= 0.3 is 4.71 Å². The molecule has 0 spiro atoms. The number of ether oxygens (including phenoxy) is 3. The molecule has 1 heterocycles. The SMILES string of the molecule is COc1ccc2c(c1)OC(Cl)(Cl)O2. The van der Waals surface area contributed by atoms with Gasteiger partial charge in [-0.15, -0.1) is 0 Å². The van der Waals surface area contributed by atoms with Crippen molar-refractivity contribution < 1.29 is 14.2 Å². The molecular formula is C8H6Cl2O3. The first kappa shape index (κ1) is 8.78. The lowest BCUT2D eigenvalue weighted by Crippen LogP contribution is -2.22. The van der Waals surface area contributed by atoms with Crippen molar-refractivity contribution in [3.8, 4) is 17.2 Å². The maximum Gasteiger partial charge on any atom is 0.419 e. The Kier molecular flexibility index (Phi) is 1.93. The zero-order chi connectivity index (χ0) is 9.47. The number of hydrogen-bond donors (Lipinski definition) is 0. The largest absolute Gasteiger partial charge is 0.497 e. The molecule has 0 N–H and O–H groups in total. The van der Waals surface area contributed by atoms with Gasteiger partial charge in [-0.2, -0.15) is 0 Å². The van der Waals surface area contributed by atoms with Crippen LogP contribution in [0.1, 0.15) is 0 Å². The minimum Gasteiger partial charge on any atom is -0.497 e. The van der Waals surface area contributed by atoms with Gasteiger partial charge in [0, 0.05) is 6.07 Å². The second kappa shape index (κ2) is 2.86. The summed E-state index contributed by atoms with van der Waals surface area (Å²) in [6, 6.07) is 5.07. The minimum atomic E-state index is -1.62. The highest BCUT2D eigenvalue weighted by atomic mass is 35.5. The predicted molar refractivity (Wildman–Crippen MR) is 48.7 cm³/mol. The summed E-state index contributed by atoms with van der Waals surface area (Å²) >= 11 is 11.2. The monoisotopic (exact) mass is 220 g/mol. The number of hydrogen-bond acceptors (Lipinski definition) is 3. The number of halogens is 2. The minimum absolute atomic E-state index is 0.476. The molecule has 0 bridgehead atoms. The molecular weight excluding hydrogens is 215 g/mol. The smallest absolute Gasteiger partial charge is 0.419 e. The van der Waals surface area contributed by atoms with E-state index in [0.717, 1.165) is 0 Å². The topological polar surface area (TPSA) is 27.7 Å². The molecule has 1 aromatic rings. The van der Waals surface area contributed by atoms with E-state index in [1.807, 2.05) is 0 Å². The van der Waals surface area contributed by atoms with Crippen LogP contribution in [0.5, 0.6) is 17.2 Å². The zero-order valence-corrected chi connectivity index (χ0v) is 8.22. The highest BCUT2D eigenvalue weighted by molar-refractivity contribution is 6.46. The van der Waals surface area contributed by atoms with Crippen LogP contribution >= 0.6 is 23.2 Å². The van der Waals surface area contributed by atoms with Crippen molar-refractivity contribution in [3.05, 3.63) is 18.2 Å². The van der Waals surface area contributed by atoms with E-state index >= 15 is 0 Å². The summed E-state index contributed by atoms with van der Waals surface area (Å²) in [5, 5.41) is 0. The van der Waals surface area contributed by atoms with Gasteiger partial charge in [0.05, 0.1) is 7.11 Å². The van der Waals surface area contributed by atoms with Gasteiger partial charge in [-0.1, -0.05) is 0 Å². The Morgan fingerprint density at radius 3 is 2.62 bits per heavy atom. The molecule has 0 aliphatic carbocycles. The summed E-state index contributed by atoms with van der Waals surface area (Å²) in [4.78, 5) is 0. The van der Waals surface area contributed by atoms with E-state index in [9.17, 15) is 0 Å². The molecule has 13 heavy (non-hydrogen) atoms. The second-order valence-corrected chi connectivity index (χ2v) is 3.67. The van der Waals surface area contributed by atoms with Gasteiger partial charge in [-0.05, 0) is 35.3 Å². The third kappa shape index (κ3) is 1.62. The van der Waals surface area contributed by atoms with Crippen LogP contribution in [-0.4, -0.2) is 11.8 Å². The molecule has 0 aromatic heterocycles. The Morgan fingerprint density at radius 2 is 1.92 bits per heavy atom. The Bertz CT molecular complexity index is 338. The molecule has 3 nitrogen and oxygen atoms in total. The number of methoxy groups -OCH3 is 1. The fraction of sp³-hybridized carbons (Fsp3) is 0.250. The number of alkyl halides is 2. The lowest BCUT2D eigenvalue weighted by atomic mass is 10.3. The van der Waals surface area contributed by atoms with E-state index in [0.29, 0.717) is 17.2 Å². The highest BCUT2D eigenvalue weighted by Crippen LogP contribution is 2.44. The van der Waals surface area contributed by atoms with Gasteiger partial charge in [0.1, 0.15) is 5.75 Å². The van der Waals surface area contributed by atoms with E-state index in [1.54, 1.807) is 25.3 Å². The molecule has 1 aliphatic heterocycles. The molecule has 0 unspecified atom stereocenters. The Morgan fingerprint density at radius 1 is 1.23 bits per heavy atom. The summed E-state index contributed by atoms with van der Waals surface area (Å²) in [7, 11) is 1.56. The number of benzene rings is 1. The van der Waals surface area contributed by atoms with Crippen LogP contribution in [0.3, 0.4) is 0 Å². The quantitative estimate of drug-likeness (QED) is 0.682. The Balaban J connectivity index is 2.36. The molecule has 1 aromatic carbocycles. The van der Waals surface area contributed by atoms with Crippen molar-refractivity contribution in [1.29, 1.82) is 0 Å². The standard InChI is InChI=1S/C8H6Cl2O3/c1-11-5-2-3-6-7(4-5)13-8(9,10)12-6/h2-4H,1H3. The van der Waals surface area contributed by atoms with E-state index in [4.69, 9.17) is 37.4 Å². The Labute approximate surface area is 85.1 Å². The van der Waals surface area contributed by atoms with Crippen LogP contribution in [0.4, 0.5) is 0 Å². The van der Waals surface area contributed by atoms with E-state index in [2.05, 4.69) is 0 Å². The first-order valence-corrected chi connectivity index (χ1v) is 4.30. The lowest BCUT2D eigenvalue weighted by Gasteiger charge is -2.09. The predicted octanol–water partition coefficient (Wildman–Crippen LogP) is 2.56. The van der Waals surface area contributed by atoms with Crippen LogP contribution in [0, 0.1) is 0 Å². The fourth-order valence-corrected chi connectivity index (χ4v) is 1.39. The van der Waals surface area contributed by atoms with Gasteiger partial charge in [0.15, 0.2) is 11.5 Å². The summed E-state index contributed by atoms with van der Waals surface area (Å²) in [5.41, 5.74) is 0. The van der Waals surface area contributed by atoms with Gasteiger partial charge in [0.2, 0.25) is 0 Å². The maximum absolute atomic E-state index is 5.61. The molecule has 70 valence electrons. The summed E-state index contributed by atoms with van der Waals surface area (Å²) < 4.78 is 13.5. The van der Waals surface area contributed by atoms with Gasteiger partial charge in [0.25, 0.3) is 0 Å². The fourth-order valence-electron chi connectivity index (χ4n) is 1.06. The molecule has 5 heteroatoms. The third-order valence-electron chi connectivity index (χ3n) is 1.61. The zero-order valence-electron chi connectivity index (χ0n) is 6.71. The van der Waals surface area contributed by atoms with Gasteiger partial charge in [-0.3, -0.25) is 0 Å². The molecule has 0 fully saturated rings. The lowest BCUT2D eigenvalue weighted by molar-refractivity contribution is 0.0848. The molecule has 0 saturated carbocycles. The van der Waals surface area contributed by atoms with Crippen molar-refractivity contribution in [1.82, 2.24) is 0 Å².